The number of benzene rings is 2. The standard InChI is InChI=1S/C14H6F3N3S/c15-9-2-1-8(5-7(9)6-18)20-13-11(19-14(20)21)4-3-10(16)12(13)17/h1-5H,(H,19,21). The molecule has 3 nitrogen and oxygen atoms in total. The topological polar surface area (TPSA) is 44.5 Å². The van der Waals surface area contributed by atoms with Crippen molar-refractivity contribution >= 4 is 23.3 Å². The molecule has 0 atom stereocenters. The van der Waals surface area contributed by atoms with Crippen molar-refractivity contribution in [2.45, 2.75) is 0 Å². The first-order valence-electron chi connectivity index (χ1n) is 5.81. The number of H-pyrrole nitrogens is 1. The minimum absolute atomic E-state index is 0.0875. The highest BCUT2D eigenvalue weighted by atomic mass is 32.1. The molecule has 1 N–H and O–H groups in total. The van der Waals surface area contributed by atoms with Crippen LogP contribution in [-0.2, 0) is 0 Å². The molecule has 0 aliphatic heterocycles. The molecule has 0 saturated carbocycles. The number of hydrogen-bond donors (Lipinski definition) is 1. The van der Waals surface area contributed by atoms with Crippen LogP contribution in [0, 0.1) is 33.6 Å². The third kappa shape index (κ3) is 2.00. The maximum Gasteiger partial charge on any atom is 0.184 e. The fraction of sp³-hybridized carbons (Fsp3) is 0. The molecule has 1 heterocycles. The second kappa shape index (κ2) is 4.75. The lowest BCUT2D eigenvalue weighted by molar-refractivity contribution is 0.514. The molecule has 21 heavy (non-hydrogen) atoms. The Morgan fingerprint density at radius 1 is 1.10 bits per heavy atom. The minimum Gasteiger partial charge on any atom is -0.330 e. The highest BCUT2D eigenvalue weighted by Crippen LogP contribution is 2.25. The number of nitriles is 1. The number of halogens is 3. The van der Waals surface area contributed by atoms with Crippen LogP contribution in [0.15, 0.2) is 30.3 Å². The van der Waals surface area contributed by atoms with Crippen molar-refractivity contribution in [3.63, 3.8) is 0 Å². The second-order valence-electron chi connectivity index (χ2n) is 4.30. The number of rotatable bonds is 1. The number of nitrogens with one attached hydrogen (secondary N) is 1. The Morgan fingerprint density at radius 3 is 2.52 bits per heavy atom. The zero-order chi connectivity index (χ0) is 15.1. The molecule has 0 unspecified atom stereocenters. The molecule has 3 aromatic rings. The molecule has 0 bridgehead atoms. The Morgan fingerprint density at radius 2 is 1.81 bits per heavy atom. The van der Waals surface area contributed by atoms with E-state index in [1.54, 1.807) is 6.07 Å². The van der Waals surface area contributed by atoms with Crippen molar-refractivity contribution in [1.82, 2.24) is 9.55 Å². The van der Waals surface area contributed by atoms with Gasteiger partial charge in [-0.1, -0.05) is 0 Å². The summed E-state index contributed by atoms with van der Waals surface area (Å²) in [5.41, 5.74) is 0.284. The van der Waals surface area contributed by atoms with Crippen LogP contribution in [0.2, 0.25) is 0 Å². The molecular weight excluding hydrogens is 299 g/mol. The van der Waals surface area contributed by atoms with Crippen LogP contribution >= 0.6 is 12.2 Å². The van der Waals surface area contributed by atoms with Crippen molar-refractivity contribution in [2.24, 2.45) is 0 Å². The summed E-state index contributed by atoms with van der Waals surface area (Å²) in [6.07, 6.45) is 0. The molecular formula is C14H6F3N3S. The number of aromatic amines is 1. The van der Waals surface area contributed by atoms with Crippen molar-refractivity contribution in [3.05, 3.63) is 58.1 Å². The van der Waals surface area contributed by atoms with Crippen molar-refractivity contribution < 1.29 is 13.2 Å². The lowest BCUT2D eigenvalue weighted by atomic mass is 10.2. The van der Waals surface area contributed by atoms with Gasteiger partial charge in [0.05, 0.1) is 16.8 Å². The fourth-order valence-electron chi connectivity index (χ4n) is 2.12. The number of hydrogen-bond acceptors (Lipinski definition) is 2. The van der Waals surface area contributed by atoms with E-state index in [9.17, 15) is 13.2 Å². The normalized spacial score (nSPS) is 10.8. The van der Waals surface area contributed by atoms with E-state index in [2.05, 4.69) is 4.98 Å². The van der Waals surface area contributed by atoms with E-state index in [-0.39, 0.29) is 21.5 Å². The lowest BCUT2D eigenvalue weighted by Crippen LogP contribution is -1.99. The van der Waals surface area contributed by atoms with Gasteiger partial charge >= 0.3 is 0 Å². The SMILES string of the molecule is N#Cc1cc(-n2c(=S)[nH]c3ccc(F)c(F)c32)ccc1F. The third-order valence-corrected chi connectivity index (χ3v) is 3.35. The van der Waals surface area contributed by atoms with Gasteiger partial charge < -0.3 is 4.98 Å². The summed E-state index contributed by atoms with van der Waals surface area (Å²) in [6, 6.07) is 7.67. The maximum atomic E-state index is 14.0. The van der Waals surface area contributed by atoms with Gasteiger partial charge in [0.1, 0.15) is 17.4 Å². The number of imidazole rings is 1. The van der Waals surface area contributed by atoms with Crippen LogP contribution in [-0.4, -0.2) is 9.55 Å². The predicted octanol–water partition coefficient (Wildman–Crippen LogP) is 3.98. The Labute approximate surface area is 121 Å². The molecule has 0 amide bonds. The summed E-state index contributed by atoms with van der Waals surface area (Å²) in [7, 11) is 0. The molecule has 7 heteroatoms. The summed E-state index contributed by atoms with van der Waals surface area (Å²) in [6.45, 7) is 0. The molecule has 1 aromatic heterocycles. The van der Waals surface area contributed by atoms with Gasteiger partial charge in [-0.2, -0.15) is 5.26 Å². The van der Waals surface area contributed by atoms with Gasteiger partial charge in [0.2, 0.25) is 0 Å². The highest BCUT2D eigenvalue weighted by Gasteiger charge is 2.15. The first-order chi connectivity index (χ1) is 10.0. The van der Waals surface area contributed by atoms with Crippen LogP contribution in [0.5, 0.6) is 0 Å². The zero-order valence-corrected chi connectivity index (χ0v) is 11.1. The van der Waals surface area contributed by atoms with E-state index in [0.29, 0.717) is 5.52 Å². The van der Waals surface area contributed by atoms with Crippen LogP contribution in [0.25, 0.3) is 16.7 Å². The van der Waals surface area contributed by atoms with Crippen LogP contribution in [0.3, 0.4) is 0 Å². The molecule has 2 aromatic carbocycles. The Hall–Kier alpha value is -2.59. The zero-order valence-electron chi connectivity index (χ0n) is 10.3. The van der Waals surface area contributed by atoms with E-state index in [1.807, 2.05) is 0 Å². The monoisotopic (exact) mass is 305 g/mol. The van der Waals surface area contributed by atoms with Crippen LogP contribution in [0.1, 0.15) is 5.56 Å². The molecule has 3 rings (SSSR count). The Balaban J connectivity index is 2.41. The number of fused-ring (bicyclic) bond motifs is 1. The third-order valence-electron chi connectivity index (χ3n) is 3.07. The summed E-state index contributed by atoms with van der Waals surface area (Å²) < 4.78 is 42.1. The summed E-state index contributed by atoms with van der Waals surface area (Å²) in [4.78, 5) is 2.74. The van der Waals surface area contributed by atoms with E-state index in [1.165, 1.54) is 22.8 Å². The predicted molar refractivity (Wildman–Crippen MR) is 73.0 cm³/mol. The average Bonchev–Trinajstić information content (AvgIpc) is 2.81. The fourth-order valence-corrected chi connectivity index (χ4v) is 2.42. The Bertz CT molecular complexity index is 966. The molecule has 0 spiro atoms. The highest BCUT2D eigenvalue weighted by molar-refractivity contribution is 7.71. The first-order valence-corrected chi connectivity index (χ1v) is 6.22. The number of nitrogens with zero attached hydrogens (tertiary/aromatic N) is 2. The lowest BCUT2D eigenvalue weighted by Gasteiger charge is -2.06. The molecule has 0 fully saturated rings. The van der Waals surface area contributed by atoms with E-state index >= 15 is 0 Å². The van der Waals surface area contributed by atoms with Gasteiger partial charge in [0, 0.05) is 0 Å². The van der Waals surface area contributed by atoms with E-state index in [4.69, 9.17) is 17.5 Å². The maximum absolute atomic E-state index is 14.0. The average molecular weight is 305 g/mol. The van der Waals surface area contributed by atoms with E-state index < -0.39 is 17.5 Å². The molecule has 0 saturated heterocycles. The second-order valence-corrected chi connectivity index (χ2v) is 4.69. The van der Waals surface area contributed by atoms with Gasteiger partial charge in [-0.25, -0.2) is 13.2 Å². The van der Waals surface area contributed by atoms with Gasteiger partial charge in [-0.3, -0.25) is 4.57 Å². The first kappa shape index (κ1) is 13.4. The molecule has 104 valence electrons. The molecule has 0 radical (unpaired) electrons. The van der Waals surface area contributed by atoms with Crippen LogP contribution < -0.4 is 0 Å². The van der Waals surface area contributed by atoms with Crippen molar-refractivity contribution in [3.8, 4) is 11.8 Å². The summed E-state index contributed by atoms with van der Waals surface area (Å²) in [5.74, 6) is -2.78. The van der Waals surface area contributed by atoms with Crippen molar-refractivity contribution in [2.75, 3.05) is 0 Å². The van der Waals surface area contributed by atoms with E-state index in [0.717, 1.165) is 12.1 Å². The molecule has 0 aliphatic rings. The van der Waals surface area contributed by atoms with Gasteiger partial charge in [0.15, 0.2) is 16.4 Å². The largest absolute Gasteiger partial charge is 0.330 e. The molecule has 0 aliphatic carbocycles. The summed E-state index contributed by atoms with van der Waals surface area (Å²) >= 11 is 5.09. The Kier molecular flexibility index (Phi) is 3.03. The quantitative estimate of drug-likeness (QED) is 0.691. The van der Waals surface area contributed by atoms with Gasteiger partial charge in [-0.05, 0) is 42.5 Å². The minimum atomic E-state index is -1.07. The number of aromatic nitrogens is 2. The van der Waals surface area contributed by atoms with Crippen LogP contribution in [0.4, 0.5) is 13.2 Å². The van der Waals surface area contributed by atoms with Gasteiger partial charge in [0.25, 0.3) is 0 Å². The van der Waals surface area contributed by atoms with Crippen molar-refractivity contribution in [1.29, 1.82) is 5.26 Å². The van der Waals surface area contributed by atoms with Gasteiger partial charge in [-0.15, -0.1) is 0 Å². The summed E-state index contributed by atoms with van der Waals surface area (Å²) in [5, 5.41) is 8.85. The smallest absolute Gasteiger partial charge is 0.184 e.